The van der Waals surface area contributed by atoms with Gasteiger partial charge in [0.1, 0.15) is 34.5 Å². The van der Waals surface area contributed by atoms with E-state index in [0.29, 0.717) is 34.2 Å². The fraction of sp³-hybridized carbons (Fsp3) is 0.0968. The van der Waals surface area contributed by atoms with Gasteiger partial charge in [0, 0.05) is 5.69 Å². The Morgan fingerprint density at radius 1 is 0.769 bits per heavy atom. The van der Waals surface area contributed by atoms with Gasteiger partial charge in [0.15, 0.2) is 0 Å². The van der Waals surface area contributed by atoms with Crippen molar-refractivity contribution in [3.05, 3.63) is 114 Å². The van der Waals surface area contributed by atoms with Gasteiger partial charge in [-0.3, -0.25) is 14.5 Å². The number of phenolic OH excluding ortho intramolecular Hbond substituents is 1. The zero-order chi connectivity index (χ0) is 27.5. The van der Waals surface area contributed by atoms with Crippen LogP contribution in [0.15, 0.2) is 103 Å². The second-order valence-electron chi connectivity index (χ2n) is 8.74. The van der Waals surface area contributed by atoms with Crippen LogP contribution in [0.1, 0.15) is 17.2 Å². The molecule has 0 aromatic heterocycles. The largest absolute Gasteiger partial charge is 0.508 e. The summed E-state index contributed by atoms with van der Waals surface area (Å²) >= 11 is 0. The van der Waals surface area contributed by atoms with E-state index in [1.165, 1.54) is 37.3 Å². The number of ether oxygens (including phenoxy) is 3. The lowest BCUT2D eigenvalue weighted by molar-refractivity contribution is -0.132. The van der Waals surface area contributed by atoms with E-state index < -0.39 is 23.5 Å². The molecule has 1 unspecified atom stereocenters. The van der Waals surface area contributed by atoms with E-state index in [4.69, 9.17) is 14.2 Å². The van der Waals surface area contributed by atoms with Crippen molar-refractivity contribution in [3.8, 4) is 28.7 Å². The molecule has 2 N–H and O–H groups in total. The first kappa shape index (κ1) is 25.4. The minimum absolute atomic E-state index is 0.0209. The third-order valence-corrected chi connectivity index (χ3v) is 6.41. The summed E-state index contributed by atoms with van der Waals surface area (Å²) in [5.74, 6) is -0.131. The van der Waals surface area contributed by atoms with Crippen LogP contribution in [-0.4, -0.2) is 36.1 Å². The third-order valence-electron chi connectivity index (χ3n) is 6.41. The van der Waals surface area contributed by atoms with Gasteiger partial charge in [0.25, 0.3) is 11.7 Å². The number of carbonyl (C=O) groups excluding carboxylic acids is 2. The summed E-state index contributed by atoms with van der Waals surface area (Å²) in [5.41, 5.74) is 1.01. The summed E-state index contributed by atoms with van der Waals surface area (Å²) in [5, 5.41) is 21.3. The smallest absolute Gasteiger partial charge is 0.300 e. The number of Topliss-reactive ketones (excluding diaryl/α,β-unsaturated/α-hetero) is 1. The molecule has 8 heteroatoms. The van der Waals surface area contributed by atoms with Crippen molar-refractivity contribution in [1.29, 1.82) is 0 Å². The van der Waals surface area contributed by atoms with Gasteiger partial charge in [-0.2, -0.15) is 0 Å². The van der Waals surface area contributed by atoms with Crippen molar-refractivity contribution in [3.63, 3.8) is 0 Å². The molecule has 1 aliphatic rings. The maximum Gasteiger partial charge on any atom is 0.300 e. The first-order valence-corrected chi connectivity index (χ1v) is 12.1. The van der Waals surface area contributed by atoms with Gasteiger partial charge in [0.2, 0.25) is 0 Å². The summed E-state index contributed by atoms with van der Waals surface area (Å²) in [6.45, 7) is 0. The number of hydrogen-bond acceptors (Lipinski definition) is 7. The normalized spacial score (nSPS) is 16.3. The first-order chi connectivity index (χ1) is 18.9. The van der Waals surface area contributed by atoms with Gasteiger partial charge in [-0.1, -0.05) is 30.3 Å². The van der Waals surface area contributed by atoms with Crippen molar-refractivity contribution in [2.75, 3.05) is 19.1 Å². The zero-order valence-electron chi connectivity index (χ0n) is 21.2. The molecule has 1 saturated heterocycles. The van der Waals surface area contributed by atoms with Crippen LogP contribution in [0.25, 0.3) is 5.76 Å². The molecule has 0 saturated carbocycles. The Morgan fingerprint density at radius 2 is 1.41 bits per heavy atom. The van der Waals surface area contributed by atoms with Crippen LogP contribution in [0, 0.1) is 0 Å². The Labute approximate surface area is 224 Å². The van der Waals surface area contributed by atoms with Crippen molar-refractivity contribution < 1.29 is 34.0 Å². The van der Waals surface area contributed by atoms with E-state index >= 15 is 0 Å². The lowest BCUT2D eigenvalue weighted by Gasteiger charge is -2.26. The number of phenols is 1. The Kier molecular flexibility index (Phi) is 6.93. The monoisotopic (exact) mass is 523 g/mol. The topological polar surface area (TPSA) is 106 Å². The van der Waals surface area contributed by atoms with Crippen molar-refractivity contribution >= 4 is 23.1 Å². The Balaban J connectivity index is 1.62. The number of aliphatic hydroxyl groups is 1. The minimum Gasteiger partial charge on any atom is -0.508 e. The molecule has 1 heterocycles. The highest BCUT2D eigenvalue weighted by atomic mass is 16.5. The van der Waals surface area contributed by atoms with Crippen LogP contribution in [-0.2, 0) is 9.59 Å². The molecule has 1 fully saturated rings. The predicted molar refractivity (Wildman–Crippen MR) is 145 cm³/mol. The SMILES string of the molecule is COc1ccc(OC)c(/C(O)=C2\C(=O)C(=O)N(c3ccc(Oc4ccccc4)cc3)C2c2ccc(O)cc2)c1. The molecule has 0 bridgehead atoms. The number of methoxy groups -OCH3 is 2. The van der Waals surface area contributed by atoms with Crippen LogP contribution < -0.4 is 19.1 Å². The number of para-hydroxylation sites is 1. The second kappa shape index (κ2) is 10.6. The van der Waals surface area contributed by atoms with Crippen molar-refractivity contribution in [1.82, 2.24) is 0 Å². The summed E-state index contributed by atoms with van der Waals surface area (Å²) in [6.07, 6.45) is 0. The maximum absolute atomic E-state index is 13.5. The van der Waals surface area contributed by atoms with Crippen molar-refractivity contribution in [2.24, 2.45) is 0 Å². The van der Waals surface area contributed by atoms with Gasteiger partial charge in [-0.05, 0) is 72.3 Å². The van der Waals surface area contributed by atoms with E-state index in [2.05, 4.69) is 0 Å². The molecular formula is C31H25NO7. The average molecular weight is 524 g/mol. The lowest BCUT2D eigenvalue weighted by atomic mass is 9.94. The highest BCUT2D eigenvalue weighted by Crippen LogP contribution is 2.44. The Bertz CT molecular complexity index is 1540. The van der Waals surface area contributed by atoms with Crippen LogP contribution in [0.2, 0.25) is 0 Å². The highest BCUT2D eigenvalue weighted by Gasteiger charge is 2.47. The maximum atomic E-state index is 13.5. The number of anilines is 1. The number of ketones is 1. The predicted octanol–water partition coefficient (Wildman–Crippen LogP) is 5.83. The zero-order valence-corrected chi connectivity index (χ0v) is 21.2. The molecule has 0 spiro atoms. The number of amides is 1. The van der Waals surface area contributed by atoms with E-state index in [-0.39, 0.29) is 16.9 Å². The average Bonchev–Trinajstić information content (AvgIpc) is 3.23. The standard InChI is InChI=1S/C31H25NO7/c1-37-24-16-17-26(38-2)25(18-24)29(34)27-28(19-8-12-21(33)13-9-19)32(31(36)30(27)35)20-10-14-23(15-11-20)39-22-6-4-3-5-7-22/h3-18,28,33-34H,1-2H3/b29-27+. The molecule has 5 rings (SSSR count). The quantitative estimate of drug-likeness (QED) is 0.178. The molecule has 39 heavy (non-hydrogen) atoms. The number of benzene rings is 4. The highest BCUT2D eigenvalue weighted by molar-refractivity contribution is 6.51. The van der Waals surface area contributed by atoms with Gasteiger partial charge < -0.3 is 24.4 Å². The minimum atomic E-state index is -0.984. The number of aliphatic hydroxyl groups excluding tert-OH is 1. The molecule has 0 aliphatic carbocycles. The van der Waals surface area contributed by atoms with Gasteiger partial charge >= 0.3 is 0 Å². The molecule has 1 amide bonds. The molecule has 1 aliphatic heterocycles. The molecule has 1 atom stereocenters. The van der Waals surface area contributed by atoms with E-state index in [1.54, 1.807) is 48.5 Å². The molecule has 8 nitrogen and oxygen atoms in total. The first-order valence-electron chi connectivity index (χ1n) is 12.1. The third kappa shape index (κ3) is 4.87. The van der Waals surface area contributed by atoms with E-state index in [0.717, 1.165) is 0 Å². The van der Waals surface area contributed by atoms with Crippen LogP contribution in [0.4, 0.5) is 5.69 Å². The summed E-state index contributed by atoms with van der Waals surface area (Å²) in [6, 6.07) is 25.9. The Morgan fingerprint density at radius 3 is 2.05 bits per heavy atom. The van der Waals surface area contributed by atoms with Gasteiger partial charge in [0.05, 0.1) is 31.4 Å². The van der Waals surface area contributed by atoms with E-state index in [9.17, 15) is 19.8 Å². The summed E-state index contributed by atoms with van der Waals surface area (Å²) < 4.78 is 16.6. The fourth-order valence-corrected chi connectivity index (χ4v) is 4.51. The van der Waals surface area contributed by atoms with Crippen LogP contribution >= 0.6 is 0 Å². The second-order valence-corrected chi connectivity index (χ2v) is 8.74. The number of carbonyl (C=O) groups is 2. The fourth-order valence-electron chi connectivity index (χ4n) is 4.51. The van der Waals surface area contributed by atoms with Gasteiger partial charge in [-0.15, -0.1) is 0 Å². The number of nitrogens with zero attached hydrogens (tertiary/aromatic N) is 1. The van der Waals surface area contributed by atoms with E-state index in [1.807, 2.05) is 30.3 Å². The molecular weight excluding hydrogens is 498 g/mol. The molecule has 4 aromatic rings. The Hall–Kier alpha value is -5.24. The molecule has 196 valence electrons. The van der Waals surface area contributed by atoms with Crippen molar-refractivity contribution in [2.45, 2.75) is 6.04 Å². The van der Waals surface area contributed by atoms with Crippen LogP contribution in [0.5, 0.6) is 28.7 Å². The summed E-state index contributed by atoms with van der Waals surface area (Å²) in [4.78, 5) is 28.2. The summed E-state index contributed by atoms with van der Waals surface area (Å²) in [7, 11) is 2.92. The van der Waals surface area contributed by atoms with Gasteiger partial charge in [-0.25, -0.2) is 0 Å². The number of rotatable bonds is 7. The molecule has 4 aromatic carbocycles. The number of aromatic hydroxyl groups is 1. The lowest BCUT2D eigenvalue weighted by Crippen LogP contribution is -2.29. The van der Waals surface area contributed by atoms with Crippen LogP contribution in [0.3, 0.4) is 0 Å². The molecule has 0 radical (unpaired) electrons. The number of hydrogen-bond donors (Lipinski definition) is 2.